The maximum absolute atomic E-state index is 9.32. The van der Waals surface area contributed by atoms with Crippen molar-refractivity contribution in [1.29, 1.82) is 0 Å². The standard InChI is InChI=1S/C14H30O/c1-4-5-6-7-8-9-10-11-12-13(2)14(3)15/h13-15H,4-12H2,1-3H3/t13-,14-/m0/s1. The summed E-state index contributed by atoms with van der Waals surface area (Å²) in [5, 5.41) is 9.32. The Hall–Kier alpha value is -0.0400. The minimum absolute atomic E-state index is 0.130. The van der Waals surface area contributed by atoms with Crippen molar-refractivity contribution in [3.63, 3.8) is 0 Å². The van der Waals surface area contributed by atoms with Crippen molar-refractivity contribution in [1.82, 2.24) is 0 Å². The lowest BCUT2D eigenvalue weighted by atomic mass is 9.98. The maximum Gasteiger partial charge on any atom is 0.0537 e. The highest BCUT2D eigenvalue weighted by atomic mass is 16.3. The second-order valence-electron chi connectivity index (χ2n) is 4.98. The molecule has 0 aliphatic rings. The van der Waals surface area contributed by atoms with Crippen molar-refractivity contribution in [3.8, 4) is 0 Å². The molecule has 0 aromatic carbocycles. The monoisotopic (exact) mass is 214 g/mol. The summed E-state index contributed by atoms with van der Waals surface area (Å²) < 4.78 is 0. The van der Waals surface area contributed by atoms with Crippen LogP contribution >= 0.6 is 0 Å². The van der Waals surface area contributed by atoms with Crippen molar-refractivity contribution in [3.05, 3.63) is 0 Å². The second-order valence-corrected chi connectivity index (χ2v) is 4.98. The molecule has 15 heavy (non-hydrogen) atoms. The molecular formula is C14H30O. The SMILES string of the molecule is CCCCCCCCCC[C@H](C)[C@H](C)O. The van der Waals surface area contributed by atoms with Crippen LogP contribution in [0.3, 0.4) is 0 Å². The molecule has 92 valence electrons. The van der Waals surface area contributed by atoms with Gasteiger partial charge in [0, 0.05) is 0 Å². The summed E-state index contributed by atoms with van der Waals surface area (Å²) in [6, 6.07) is 0. The Morgan fingerprint density at radius 1 is 0.800 bits per heavy atom. The molecule has 0 bridgehead atoms. The summed E-state index contributed by atoms with van der Waals surface area (Å²) in [7, 11) is 0. The molecule has 0 spiro atoms. The third-order valence-corrected chi connectivity index (χ3v) is 3.34. The van der Waals surface area contributed by atoms with Gasteiger partial charge in [-0.25, -0.2) is 0 Å². The lowest BCUT2D eigenvalue weighted by molar-refractivity contribution is 0.128. The molecule has 0 aromatic rings. The average molecular weight is 214 g/mol. The first-order valence-electron chi connectivity index (χ1n) is 6.86. The fourth-order valence-electron chi connectivity index (χ4n) is 1.84. The molecule has 0 amide bonds. The zero-order valence-electron chi connectivity index (χ0n) is 11.0. The van der Waals surface area contributed by atoms with Crippen LogP contribution in [0.15, 0.2) is 0 Å². The van der Waals surface area contributed by atoms with Gasteiger partial charge in [0.2, 0.25) is 0 Å². The van der Waals surface area contributed by atoms with E-state index in [1.165, 1.54) is 57.8 Å². The minimum Gasteiger partial charge on any atom is -0.393 e. The predicted octanol–water partition coefficient (Wildman–Crippen LogP) is 4.53. The van der Waals surface area contributed by atoms with Gasteiger partial charge in [0.05, 0.1) is 6.10 Å². The Kier molecular flexibility index (Phi) is 10.4. The van der Waals surface area contributed by atoms with E-state index < -0.39 is 0 Å². The van der Waals surface area contributed by atoms with E-state index in [9.17, 15) is 5.11 Å². The normalized spacial score (nSPS) is 15.2. The number of rotatable bonds is 10. The highest BCUT2D eigenvalue weighted by molar-refractivity contribution is 4.59. The van der Waals surface area contributed by atoms with Gasteiger partial charge < -0.3 is 5.11 Å². The van der Waals surface area contributed by atoms with E-state index in [1.54, 1.807) is 0 Å². The smallest absolute Gasteiger partial charge is 0.0537 e. The van der Waals surface area contributed by atoms with Crippen LogP contribution in [0, 0.1) is 5.92 Å². The summed E-state index contributed by atoms with van der Waals surface area (Å²) in [5.74, 6) is 0.477. The third kappa shape index (κ3) is 10.2. The molecule has 0 aliphatic heterocycles. The number of hydrogen-bond acceptors (Lipinski definition) is 1. The quantitative estimate of drug-likeness (QED) is 0.530. The predicted molar refractivity (Wildman–Crippen MR) is 68.1 cm³/mol. The summed E-state index contributed by atoms with van der Waals surface area (Å²) in [4.78, 5) is 0. The van der Waals surface area contributed by atoms with E-state index in [-0.39, 0.29) is 6.10 Å². The summed E-state index contributed by atoms with van der Waals surface area (Å²) in [5.41, 5.74) is 0. The first-order chi connectivity index (χ1) is 7.18. The Morgan fingerprint density at radius 3 is 1.73 bits per heavy atom. The van der Waals surface area contributed by atoms with Crippen molar-refractivity contribution < 1.29 is 5.11 Å². The van der Waals surface area contributed by atoms with E-state index in [0.717, 1.165) is 0 Å². The topological polar surface area (TPSA) is 20.2 Å². The Morgan fingerprint density at radius 2 is 1.27 bits per heavy atom. The van der Waals surface area contributed by atoms with Crippen molar-refractivity contribution in [2.24, 2.45) is 5.92 Å². The molecule has 1 heteroatoms. The second kappa shape index (κ2) is 10.5. The molecule has 0 aliphatic carbocycles. The zero-order valence-corrected chi connectivity index (χ0v) is 11.0. The molecule has 0 saturated carbocycles. The lowest BCUT2D eigenvalue weighted by Crippen LogP contribution is -2.12. The van der Waals surface area contributed by atoms with Gasteiger partial charge in [-0.05, 0) is 19.3 Å². The maximum atomic E-state index is 9.32. The van der Waals surface area contributed by atoms with Crippen LogP contribution in [0.2, 0.25) is 0 Å². The van der Waals surface area contributed by atoms with Gasteiger partial charge in [-0.3, -0.25) is 0 Å². The van der Waals surface area contributed by atoms with Crippen LogP contribution in [-0.2, 0) is 0 Å². The van der Waals surface area contributed by atoms with Gasteiger partial charge in [0.15, 0.2) is 0 Å². The van der Waals surface area contributed by atoms with Gasteiger partial charge in [-0.1, -0.05) is 65.2 Å². The van der Waals surface area contributed by atoms with E-state index in [1.807, 2.05) is 6.92 Å². The number of unbranched alkanes of at least 4 members (excludes halogenated alkanes) is 7. The highest BCUT2D eigenvalue weighted by Gasteiger charge is 2.07. The molecule has 0 unspecified atom stereocenters. The van der Waals surface area contributed by atoms with Crippen LogP contribution in [0.1, 0.15) is 78.6 Å². The number of aliphatic hydroxyl groups is 1. The van der Waals surface area contributed by atoms with Gasteiger partial charge in [-0.15, -0.1) is 0 Å². The molecule has 1 N–H and O–H groups in total. The zero-order chi connectivity index (χ0) is 11.5. The molecular weight excluding hydrogens is 184 g/mol. The van der Waals surface area contributed by atoms with E-state index >= 15 is 0 Å². The Balaban J connectivity index is 3.05. The molecule has 0 radical (unpaired) electrons. The van der Waals surface area contributed by atoms with Crippen LogP contribution in [0.4, 0.5) is 0 Å². The Labute approximate surface area is 96.3 Å². The molecule has 0 fully saturated rings. The van der Waals surface area contributed by atoms with Gasteiger partial charge in [0.25, 0.3) is 0 Å². The minimum atomic E-state index is -0.130. The summed E-state index contributed by atoms with van der Waals surface area (Å²) >= 11 is 0. The highest BCUT2D eigenvalue weighted by Crippen LogP contribution is 2.15. The molecule has 0 saturated heterocycles. The summed E-state index contributed by atoms with van der Waals surface area (Å²) in [6.07, 6.45) is 12.1. The first kappa shape index (κ1) is 15.0. The van der Waals surface area contributed by atoms with Gasteiger partial charge >= 0.3 is 0 Å². The summed E-state index contributed by atoms with van der Waals surface area (Å²) in [6.45, 7) is 6.30. The average Bonchev–Trinajstić information content (AvgIpc) is 2.21. The largest absolute Gasteiger partial charge is 0.393 e. The van der Waals surface area contributed by atoms with Crippen LogP contribution < -0.4 is 0 Å². The van der Waals surface area contributed by atoms with Crippen molar-refractivity contribution >= 4 is 0 Å². The fraction of sp³-hybridized carbons (Fsp3) is 1.00. The van der Waals surface area contributed by atoms with E-state index in [2.05, 4.69) is 13.8 Å². The molecule has 0 rings (SSSR count). The Bertz CT molecular complexity index is 121. The third-order valence-electron chi connectivity index (χ3n) is 3.34. The number of aliphatic hydroxyl groups excluding tert-OH is 1. The fourth-order valence-corrected chi connectivity index (χ4v) is 1.84. The van der Waals surface area contributed by atoms with Gasteiger partial charge in [-0.2, -0.15) is 0 Å². The van der Waals surface area contributed by atoms with Crippen LogP contribution in [-0.4, -0.2) is 11.2 Å². The van der Waals surface area contributed by atoms with Crippen LogP contribution in [0.5, 0.6) is 0 Å². The van der Waals surface area contributed by atoms with Crippen molar-refractivity contribution in [2.45, 2.75) is 84.7 Å². The molecule has 1 nitrogen and oxygen atoms in total. The lowest BCUT2D eigenvalue weighted by Gasteiger charge is -2.13. The van der Waals surface area contributed by atoms with Crippen LogP contribution in [0.25, 0.3) is 0 Å². The van der Waals surface area contributed by atoms with Gasteiger partial charge in [0.1, 0.15) is 0 Å². The van der Waals surface area contributed by atoms with Crippen molar-refractivity contribution in [2.75, 3.05) is 0 Å². The molecule has 0 aromatic heterocycles. The number of hydrogen-bond donors (Lipinski definition) is 1. The molecule has 2 atom stereocenters. The first-order valence-corrected chi connectivity index (χ1v) is 6.86. The van der Waals surface area contributed by atoms with E-state index in [4.69, 9.17) is 0 Å². The molecule has 0 heterocycles. The van der Waals surface area contributed by atoms with E-state index in [0.29, 0.717) is 5.92 Å².